The Morgan fingerprint density at radius 1 is 1.32 bits per heavy atom. The molecule has 0 bridgehead atoms. The Morgan fingerprint density at radius 2 is 2.16 bits per heavy atom. The molecule has 1 aromatic carbocycles. The van der Waals surface area contributed by atoms with Crippen LogP contribution in [0.4, 0.5) is 4.79 Å². The van der Waals surface area contributed by atoms with Crippen molar-refractivity contribution in [2.24, 2.45) is 0 Å². The summed E-state index contributed by atoms with van der Waals surface area (Å²) in [6, 6.07) is 3.98. The molecule has 2 aromatic rings. The van der Waals surface area contributed by atoms with Crippen molar-refractivity contribution in [3.8, 4) is 0 Å². The minimum atomic E-state index is -0.865. The first-order chi connectivity index (χ1) is 12.0. The number of likely N-dealkylation sites (tertiary alicyclic amines) is 1. The zero-order valence-electron chi connectivity index (χ0n) is 14.3. The third-order valence-electron chi connectivity index (χ3n) is 5.45. The van der Waals surface area contributed by atoms with Gasteiger partial charge in [0.15, 0.2) is 0 Å². The number of carbonyl (C=O) groups is 1. The highest BCUT2D eigenvalue weighted by atomic mass is 16.5. The number of fused-ring (bicyclic) bond motifs is 1. The van der Waals surface area contributed by atoms with Crippen LogP contribution in [0.2, 0.25) is 0 Å². The highest BCUT2D eigenvalue weighted by Gasteiger charge is 2.29. The molecule has 2 saturated heterocycles. The highest BCUT2D eigenvalue weighted by Crippen LogP contribution is 2.33. The van der Waals surface area contributed by atoms with Gasteiger partial charge in [0.2, 0.25) is 0 Å². The van der Waals surface area contributed by atoms with E-state index in [0.717, 1.165) is 42.3 Å². The third-order valence-corrected chi connectivity index (χ3v) is 5.45. The molecule has 2 atom stereocenters. The molecule has 3 heterocycles. The predicted octanol–water partition coefficient (Wildman–Crippen LogP) is 2.80. The molecule has 1 amide bonds. The largest absolute Gasteiger partial charge is 0.465 e. The number of H-pyrrole nitrogens is 1. The Kier molecular flexibility index (Phi) is 4.03. The van der Waals surface area contributed by atoms with E-state index in [1.807, 2.05) is 17.7 Å². The van der Waals surface area contributed by atoms with E-state index in [4.69, 9.17) is 4.74 Å². The Labute approximate surface area is 145 Å². The van der Waals surface area contributed by atoms with E-state index < -0.39 is 6.09 Å². The number of aromatic nitrogens is 2. The van der Waals surface area contributed by atoms with Gasteiger partial charge >= 0.3 is 6.09 Å². The minimum Gasteiger partial charge on any atom is -0.465 e. The van der Waals surface area contributed by atoms with Gasteiger partial charge in [-0.25, -0.2) is 4.79 Å². The molecular weight excluding hydrogens is 322 g/mol. The van der Waals surface area contributed by atoms with Gasteiger partial charge in [-0.15, -0.1) is 0 Å². The van der Waals surface area contributed by atoms with Gasteiger partial charge in [-0.3, -0.25) is 14.6 Å². The molecule has 2 N–H and O–H groups in total. The first kappa shape index (κ1) is 16.2. The molecule has 2 aliphatic rings. The fourth-order valence-electron chi connectivity index (χ4n) is 4.11. The molecule has 0 saturated carbocycles. The Balaban J connectivity index is 1.75. The number of benzene rings is 1. The van der Waals surface area contributed by atoms with Crippen molar-refractivity contribution in [1.29, 1.82) is 0 Å². The summed E-state index contributed by atoms with van der Waals surface area (Å²) in [5, 5.41) is 12.8. The first-order valence-corrected chi connectivity index (χ1v) is 8.89. The van der Waals surface area contributed by atoms with Gasteiger partial charge in [0, 0.05) is 25.6 Å². The van der Waals surface area contributed by atoms with Gasteiger partial charge in [-0.05, 0) is 55.9 Å². The number of carboxylic acid groups (broad SMARTS) is 1. The number of ether oxygens (including phenoxy) is 1. The number of hydrogen-bond acceptors (Lipinski definition) is 3. The Hall–Kier alpha value is -2.28. The quantitative estimate of drug-likeness (QED) is 0.876. The van der Waals surface area contributed by atoms with E-state index in [9.17, 15) is 14.7 Å². The minimum absolute atomic E-state index is 0.0996. The molecule has 7 nitrogen and oxygen atoms in total. The van der Waals surface area contributed by atoms with Crippen LogP contribution in [-0.2, 0) is 4.74 Å². The van der Waals surface area contributed by atoms with E-state index >= 15 is 0 Å². The highest BCUT2D eigenvalue weighted by molar-refractivity contribution is 5.80. The zero-order chi connectivity index (χ0) is 17.6. The summed E-state index contributed by atoms with van der Waals surface area (Å²) in [5.74, 6) is 0.172. The zero-order valence-corrected chi connectivity index (χ0v) is 14.3. The van der Waals surface area contributed by atoms with Gasteiger partial charge in [-0.1, -0.05) is 0 Å². The van der Waals surface area contributed by atoms with E-state index in [2.05, 4.69) is 11.2 Å². The standard InChI is InChI=1S/C18H23N3O4/c1-11-8-14-15(9-13(11)12-5-6-20(10-12)18(23)24)21(19-17(14)22)16-4-2-3-7-25-16/h8-9,12,16H,2-7,10H2,1H3,(H,19,22)(H,23,24). The predicted molar refractivity (Wildman–Crippen MR) is 93.1 cm³/mol. The van der Waals surface area contributed by atoms with Crippen LogP contribution in [0.15, 0.2) is 16.9 Å². The van der Waals surface area contributed by atoms with Crippen LogP contribution >= 0.6 is 0 Å². The number of aryl methyl sites for hydroxylation is 1. The van der Waals surface area contributed by atoms with Crippen LogP contribution in [0.25, 0.3) is 10.9 Å². The summed E-state index contributed by atoms with van der Waals surface area (Å²) in [4.78, 5) is 25.0. The third kappa shape index (κ3) is 2.82. The summed E-state index contributed by atoms with van der Waals surface area (Å²) >= 11 is 0. The lowest BCUT2D eigenvalue weighted by Crippen LogP contribution is -2.26. The fourth-order valence-corrected chi connectivity index (χ4v) is 4.11. The molecule has 2 unspecified atom stereocenters. The molecule has 0 radical (unpaired) electrons. The fraction of sp³-hybridized carbons (Fsp3) is 0.556. The summed E-state index contributed by atoms with van der Waals surface area (Å²) < 4.78 is 7.69. The molecule has 1 aromatic heterocycles. The second-order valence-electron chi connectivity index (χ2n) is 7.07. The molecule has 134 valence electrons. The van der Waals surface area contributed by atoms with Gasteiger partial charge in [0.1, 0.15) is 6.23 Å². The first-order valence-electron chi connectivity index (χ1n) is 8.89. The van der Waals surface area contributed by atoms with E-state index in [1.165, 1.54) is 4.90 Å². The van der Waals surface area contributed by atoms with Crippen molar-refractivity contribution < 1.29 is 14.6 Å². The maximum absolute atomic E-state index is 12.4. The molecule has 4 rings (SSSR count). The van der Waals surface area contributed by atoms with Crippen molar-refractivity contribution in [2.45, 2.75) is 44.8 Å². The normalized spacial score (nSPS) is 24.1. The molecule has 7 heteroatoms. The molecule has 25 heavy (non-hydrogen) atoms. The van der Waals surface area contributed by atoms with Crippen LogP contribution < -0.4 is 5.56 Å². The second-order valence-corrected chi connectivity index (χ2v) is 7.07. The summed E-state index contributed by atoms with van der Waals surface area (Å²) in [6.07, 6.45) is 2.84. The number of aromatic amines is 1. The van der Waals surface area contributed by atoms with Crippen LogP contribution in [0, 0.1) is 6.92 Å². The average molecular weight is 345 g/mol. The number of rotatable bonds is 2. The van der Waals surface area contributed by atoms with Gasteiger partial charge in [0.25, 0.3) is 5.56 Å². The van der Waals surface area contributed by atoms with Gasteiger partial charge < -0.3 is 14.7 Å². The molecule has 2 aliphatic heterocycles. The maximum atomic E-state index is 12.4. The van der Waals surface area contributed by atoms with Crippen LogP contribution in [0.3, 0.4) is 0 Å². The molecular formula is C18H23N3O4. The molecule has 2 fully saturated rings. The molecule has 0 aliphatic carbocycles. The van der Waals surface area contributed by atoms with Gasteiger partial charge in [0.05, 0.1) is 10.9 Å². The van der Waals surface area contributed by atoms with Crippen molar-refractivity contribution in [3.05, 3.63) is 33.6 Å². The Morgan fingerprint density at radius 3 is 2.84 bits per heavy atom. The summed E-state index contributed by atoms with van der Waals surface area (Å²) in [7, 11) is 0. The van der Waals surface area contributed by atoms with Crippen LogP contribution in [-0.4, -0.2) is 45.6 Å². The van der Waals surface area contributed by atoms with E-state index in [0.29, 0.717) is 25.1 Å². The number of hydrogen-bond donors (Lipinski definition) is 2. The van der Waals surface area contributed by atoms with Gasteiger partial charge in [-0.2, -0.15) is 0 Å². The Bertz CT molecular complexity index is 863. The topological polar surface area (TPSA) is 87.6 Å². The van der Waals surface area contributed by atoms with Crippen LogP contribution in [0.1, 0.15) is 49.0 Å². The summed E-state index contributed by atoms with van der Waals surface area (Å²) in [6.45, 7) is 3.77. The van der Waals surface area contributed by atoms with Crippen molar-refractivity contribution in [3.63, 3.8) is 0 Å². The van der Waals surface area contributed by atoms with Crippen molar-refractivity contribution in [2.75, 3.05) is 19.7 Å². The van der Waals surface area contributed by atoms with Crippen molar-refractivity contribution in [1.82, 2.24) is 14.7 Å². The lowest BCUT2D eigenvalue weighted by Gasteiger charge is -2.24. The van der Waals surface area contributed by atoms with Crippen LogP contribution in [0.5, 0.6) is 0 Å². The maximum Gasteiger partial charge on any atom is 0.407 e. The smallest absolute Gasteiger partial charge is 0.407 e. The van der Waals surface area contributed by atoms with E-state index in [1.54, 1.807) is 0 Å². The summed E-state index contributed by atoms with van der Waals surface area (Å²) in [5.41, 5.74) is 2.92. The van der Waals surface area contributed by atoms with E-state index in [-0.39, 0.29) is 17.7 Å². The average Bonchev–Trinajstić information content (AvgIpc) is 3.21. The molecule has 0 spiro atoms. The second kappa shape index (κ2) is 6.22. The van der Waals surface area contributed by atoms with Crippen molar-refractivity contribution >= 4 is 17.0 Å². The monoisotopic (exact) mass is 345 g/mol. The lowest BCUT2D eigenvalue weighted by molar-refractivity contribution is -0.0369. The lowest BCUT2D eigenvalue weighted by atomic mass is 9.93. The SMILES string of the molecule is Cc1cc2c(=O)[nH]n(C3CCCCO3)c2cc1C1CCN(C(=O)O)C1. The number of nitrogens with zero attached hydrogens (tertiary/aromatic N) is 2. The number of amides is 1. The number of nitrogens with one attached hydrogen (secondary N) is 1.